The third-order valence-electron chi connectivity index (χ3n) is 3.71. The van der Waals surface area contributed by atoms with Crippen LogP contribution < -0.4 is 5.32 Å². The fraction of sp³-hybridized carbons (Fsp3) is 0.250. The normalized spacial score (nSPS) is 11.4. The van der Waals surface area contributed by atoms with E-state index in [1.807, 2.05) is 0 Å². The first kappa shape index (κ1) is 21.1. The fourth-order valence-corrected chi connectivity index (χ4v) is 2.88. The van der Waals surface area contributed by atoms with E-state index in [-0.39, 0.29) is 12.5 Å². The molecule has 29 heavy (non-hydrogen) atoms. The largest absolute Gasteiger partial charge is 0.292 e. The van der Waals surface area contributed by atoms with Crippen LogP contribution in [0, 0.1) is 0 Å². The van der Waals surface area contributed by atoms with Crippen LogP contribution in [0.25, 0.3) is 0 Å². The van der Waals surface area contributed by atoms with E-state index in [4.69, 9.17) is 23.2 Å². The quantitative estimate of drug-likeness (QED) is 0.543. The molecular weight excluding hydrogens is 439 g/mol. The summed E-state index contributed by atoms with van der Waals surface area (Å²) in [6, 6.07) is 5.48. The van der Waals surface area contributed by atoms with E-state index in [9.17, 15) is 22.4 Å². The highest BCUT2D eigenvalue weighted by Gasteiger charge is 2.22. The molecule has 0 aliphatic carbocycles. The van der Waals surface area contributed by atoms with Gasteiger partial charge in [0.25, 0.3) is 12.9 Å². The number of nitrogens with zero attached hydrogens (tertiary/aromatic N) is 5. The smallest absolute Gasteiger partial charge is 0.282 e. The van der Waals surface area contributed by atoms with Gasteiger partial charge in [-0.3, -0.25) is 14.8 Å². The SMILES string of the molecule is O=C(Cn1nc(C(F)F)cc1C(F)F)Nc1ncn(Cc2ccc(Cl)cc2Cl)n1. The molecule has 154 valence electrons. The number of rotatable bonds is 7. The Morgan fingerprint density at radius 2 is 1.86 bits per heavy atom. The van der Waals surface area contributed by atoms with Crippen molar-refractivity contribution in [3.8, 4) is 0 Å². The summed E-state index contributed by atoms with van der Waals surface area (Å²) < 4.78 is 53.2. The topological polar surface area (TPSA) is 77.6 Å². The lowest BCUT2D eigenvalue weighted by molar-refractivity contribution is -0.117. The molecule has 1 N–H and O–H groups in total. The molecule has 13 heteroatoms. The van der Waals surface area contributed by atoms with Crippen LogP contribution in [0.1, 0.15) is 29.8 Å². The predicted octanol–water partition coefficient (Wildman–Crippen LogP) is 4.34. The molecule has 2 heterocycles. The van der Waals surface area contributed by atoms with Crippen molar-refractivity contribution in [3.63, 3.8) is 0 Å². The van der Waals surface area contributed by atoms with Crippen molar-refractivity contribution in [1.82, 2.24) is 24.5 Å². The minimum atomic E-state index is -3.07. The van der Waals surface area contributed by atoms with Crippen LogP contribution in [0.5, 0.6) is 0 Å². The Balaban J connectivity index is 1.66. The van der Waals surface area contributed by atoms with Crippen molar-refractivity contribution < 1.29 is 22.4 Å². The Morgan fingerprint density at radius 1 is 1.10 bits per heavy atom. The van der Waals surface area contributed by atoms with Gasteiger partial charge in [0.05, 0.1) is 6.54 Å². The second-order valence-electron chi connectivity index (χ2n) is 5.80. The number of alkyl halides is 4. The molecule has 0 saturated heterocycles. The van der Waals surface area contributed by atoms with Crippen molar-refractivity contribution in [2.24, 2.45) is 0 Å². The monoisotopic (exact) mass is 450 g/mol. The number of hydrogen-bond acceptors (Lipinski definition) is 4. The number of anilines is 1. The van der Waals surface area contributed by atoms with Crippen LogP contribution in [-0.4, -0.2) is 30.5 Å². The van der Waals surface area contributed by atoms with E-state index in [1.165, 1.54) is 11.0 Å². The van der Waals surface area contributed by atoms with Gasteiger partial charge in [-0.15, -0.1) is 5.10 Å². The number of halogens is 6. The van der Waals surface area contributed by atoms with Crippen molar-refractivity contribution in [2.45, 2.75) is 25.9 Å². The van der Waals surface area contributed by atoms with Crippen LogP contribution in [0.15, 0.2) is 30.6 Å². The van der Waals surface area contributed by atoms with Gasteiger partial charge in [0.1, 0.15) is 24.3 Å². The third kappa shape index (κ3) is 5.24. The van der Waals surface area contributed by atoms with Crippen LogP contribution in [0.2, 0.25) is 10.0 Å². The number of hydrogen-bond donors (Lipinski definition) is 1. The van der Waals surface area contributed by atoms with Crippen LogP contribution in [-0.2, 0) is 17.9 Å². The number of aromatic nitrogens is 5. The zero-order valence-electron chi connectivity index (χ0n) is 14.4. The van der Waals surface area contributed by atoms with Gasteiger partial charge in [-0.1, -0.05) is 29.3 Å². The lowest BCUT2D eigenvalue weighted by atomic mass is 10.2. The number of carbonyl (C=O) groups excluding carboxylic acids is 1. The Hall–Kier alpha value is -2.66. The number of carbonyl (C=O) groups is 1. The minimum absolute atomic E-state index is 0.0973. The van der Waals surface area contributed by atoms with E-state index in [0.29, 0.717) is 26.4 Å². The second-order valence-corrected chi connectivity index (χ2v) is 6.65. The fourth-order valence-electron chi connectivity index (χ4n) is 2.41. The summed E-state index contributed by atoms with van der Waals surface area (Å²) in [6.07, 6.45) is -4.77. The van der Waals surface area contributed by atoms with Crippen molar-refractivity contribution in [2.75, 3.05) is 5.32 Å². The molecule has 1 amide bonds. The minimum Gasteiger partial charge on any atom is -0.292 e. The zero-order valence-corrected chi connectivity index (χ0v) is 15.9. The van der Waals surface area contributed by atoms with Gasteiger partial charge in [-0.2, -0.15) is 5.10 Å². The van der Waals surface area contributed by atoms with Crippen LogP contribution >= 0.6 is 23.2 Å². The molecule has 3 rings (SSSR count). The third-order valence-corrected chi connectivity index (χ3v) is 4.29. The molecule has 3 aromatic rings. The number of nitrogens with one attached hydrogen (secondary N) is 1. The molecule has 0 saturated carbocycles. The Labute approximate surface area is 171 Å². The van der Waals surface area contributed by atoms with Gasteiger partial charge in [-0.05, 0) is 23.8 Å². The average Bonchev–Trinajstić information content (AvgIpc) is 3.24. The van der Waals surface area contributed by atoms with Crippen LogP contribution in [0.3, 0.4) is 0 Å². The zero-order chi connectivity index (χ0) is 21.1. The highest BCUT2D eigenvalue weighted by atomic mass is 35.5. The molecule has 7 nitrogen and oxygen atoms in total. The van der Waals surface area contributed by atoms with Crippen molar-refractivity contribution in [1.29, 1.82) is 0 Å². The van der Waals surface area contributed by atoms with Gasteiger partial charge in [0.2, 0.25) is 11.9 Å². The lowest BCUT2D eigenvalue weighted by Gasteiger charge is -2.06. The predicted molar refractivity (Wildman–Crippen MR) is 96.4 cm³/mol. The van der Waals surface area contributed by atoms with E-state index in [2.05, 4.69) is 20.5 Å². The summed E-state index contributed by atoms with van der Waals surface area (Å²) in [6.45, 7) is -0.463. The lowest BCUT2D eigenvalue weighted by Crippen LogP contribution is -2.22. The highest BCUT2D eigenvalue weighted by Crippen LogP contribution is 2.25. The van der Waals surface area contributed by atoms with Gasteiger partial charge in [0.15, 0.2) is 0 Å². The van der Waals surface area contributed by atoms with Crippen molar-refractivity contribution >= 4 is 35.1 Å². The molecule has 2 aromatic heterocycles. The standard InChI is InChI=1S/C16H12Cl2F4N6O/c17-9-2-1-8(10(18)3-9)5-27-7-23-16(26-27)24-13(29)6-28-12(15(21)22)4-11(25-28)14(19)20/h1-4,7,14-15H,5-6H2,(H,24,26,29). The summed E-state index contributed by atoms with van der Waals surface area (Å²) in [4.78, 5) is 16.0. The molecular formula is C16H12Cl2F4N6O. The van der Waals surface area contributed by atoms with E-state index in [0.717, 1.165) is 0 Å². The maximum atomic E-state index is 13.0. The molecule has 1 aromatic carbocycles. The van der Waals surface area contributed by atoms with Gasteiger partial charge >= 0.3 is 0 Å². The summed E-state index contributed by atoms with van der Waals surface area (Å²) in [7, 11) is 0. The van der Waals surface area contributed by atoms with Crippen LogP contribution in [0.4, 0.5) is 23.5 Å². The summed E-state index contributed by atoms with van der Waals surface area (Å²) in [5, 5.41) is 10.6. The first-order valence-corrected chi connectivity index (χ1v) is 8.75. The Morgan fingerprint density at radius 3 is 2.52 bits per heavy atom. The molecule has 0 aliphatic heterocycles. The average molecular weight is 451 g/mol. The first-order chi connectivity index (χ1) is 13.7. The summed E-state index contributed by atoms with van der Waals surface area (Å²) in [5.41, 5.74) is -0.918. The van der Waals surface area contributed by atoms with Gasteiger partial charge in [-0.25, -0.2) is 27.2 Å². The number of benzene rings is 1. The first-order valence-electron chi connectivity index (χ1n) is 8.00. The molecule has 0 bridgehead atoms. The number of amides is 1. The van der Waals surface area contributed by atoms with Crippen molar-refractivity contribution in [3.05, 3.63) is 57.6 Å². The maximum Gasteiger partial charge on any atom is 0.282 e. The highest BCUT2D eigenvalue weighted by molar-refractivity contribution is 6.35. The van der Waals surface area contributed by atoms with E-state index < -0.39 is 36.7 Å². The van der Waals surface area contributed by atoms with E-state index >= 15 is 0 Å². The molecule has 0 aliphatic rings. The second kappa shape index (κ2) is 8.78. The molecule has 0 spiro atoms. The molecule has 0 unspecified atom stereocenters. The Kier molecular flexibility index (Phi) is 6.38. The van der Waals surface area contributed by atoms with Gasteiger partial charge in [0, 0.05) is 10.0 Å². The maximum absolute atomic E-state index is 13.0. The molecule has 0 atom stereocenters. The van der Waals surface area contributed by atoms with E-state index in [1.54, 1.807) is 18.2 Å². The summed E-state index contributed by atoms with van der Waals surface area (Å²) >= 11 is 11.9. The molecule has 0 radical (unpaired) electrons. The van der Waals surface area contributed by atoms with Gasteiger partial charge < -0.3 is 0 Å². The molecule has 0 fully saturated rings. The summed E-state index contributed by atoms with van der Waals surface area (Å²) in [5.74, 6) is -0.905. The Bertz CT molecular complexity index is 1020.